The van der Waals surface area contributed by atoms with Crippen LogP contribution in [0.25, 0.3) is 0 Å². The van der Waals surface area contributed by atoms with E-state index >= 15 is 0 Å². The fourth-order valence-electron chi connectivity index (χ4n) is 2.91. The summed E-state index contributed by atoms with van der Waals surface area (Å²) in [6.45, 7) is 2.14. The Morgan fingerprint density at radius 2 is 1.89 bits per heavy atom. The first-order valence-electron chi connectivity index (χ1n) is 6.98. The predicted molar refractivity (Wildman–Crippen MR) is 81.8 cm³/mol. The summed E-state index contributed by atoms with van der Waals surface area (Å²) < 4.78 is 0. The van der Waals surface area contributed by atoms with Crippen LogP contribution in [-0.2, 0) is 6.42 Å². The Kier molecular flexibility index (Phi) is 3.61. The van der Waals surface area contributed by atoms with Crippen LogP contribution in [0.1, 0.15) is 29.0 Å². The smallest absolute Gasteiger partial charge is 0.0410 e. The summed E-state index contributed by atoms with van der Waals surface area (Å²) in [5, 5.41) is 0.256. The zero-order valence-corrected chi connectivity index (χ0v) is 12.0. The van der Waals surface area contributed by atoms with E-state index in [1.807, 2.05) is 0 Å². The van der Waals surface area contributed by atoms with Gasteiger partial charge in [-0.15, -0.1) is 11.6 Å². The quantitative estimate of drug-likeness (QED) is 0.690. The summed E-state index contributed by atoms with van der Waals surface area (Å²) in [6.07, 6.45) is 2.22. The molecule has 3 rings (SSSR count). The van der Waals surface area contributed by atoms with Crippen LogP contribution < -0.4 is 0 Å². The molecule has 0 nitrogen and oxygen atoms in total. The summed E-state index contributed by atoms with van der Waals surface area (Å²) >= 11 is 6.61. The molecule has 1 aliphatic rings. The lowest BCUT2D eigenvalue weighted by molar-refractivity contribution is 0.713. The van der Waals surface area contributed by atoms with Crippen molar-refractivity contribution in [3.05, 3.63) is 71.3 Å². The molecule has 0 N–H and O–H groups in total. The molecule has 0 amide bonds. The zero-order valence-electron chi connectivity index (χ0n) is 11.2. The molecular weight excluding hydrogens is 252 g/mol. The molecule has 0 aliphatic heterocycles. The van der Waals surface area contributed by atoms with Crippen molar-refractivity contribution in [1.29, 1.82) is 0 Å². The maximum absolute atomic E-state index is 6.61. The Morgan fingerprint density at radius 3 is 2.63 bits per heavy atom. The first-order valence-corrected chi connectivity index (χ1v) is 7.42. The topological polar surface area (TPSA) is 0 Å². The van der Waals surface area contributed by atoms with E-state index in [0.29, 0.717) is 11.8 Å². The van der Waals surface area contributed by atoms with Gasteiger partial charge in [0.25, 0.3) is 0 Å². The number of aryl methyl sites for hydroxylation is 1. The highest BCUT2D eigenvalue weighted by molar-refractivity contribution is 6.21. The summed E-state index contributed by atoms with van der Waals surface area (Å²) in [7, 11) is 0. The minimum atomic E-state index is 0.256. The van der Waals surface area contributed by atoms with Crippen molar-refractivity contribution in [3.63, 3.8) is 0 Å². The summed E-state index contributed by atoms with van der Waals surface area (Å²) in [6, 6.07) is 19.4. The van der Waals surface area contributed by atoms with Crippen LogP contribution in [0.2, 0.25) is 0 Å². The first kappa shape index (κ1) is 12.7. The molecule has 1 fully saturated rings. The van der Waals surface area contributed by atoms with Crippen molar-refractivity contribution in [3.8, 4) is 0 Å². The normalized spacial score (nSPS) is 23.1. The Bertz CT molecular complexity index is 547. The summed E-state index contributed by atoms with van der Waals surface area (Å²) in [5.74, 6) is 1.32. The van der Waals surface area contributed by atoms with E-state index in [4.69, 9.17) is 11.6 Å². The maximum Gasteiger partial charge on any atom is 0.0410 e. The van der Waals surface area contributed by atoms with E-state index in [9.17, 15) is 0 Å². The molecule has 1 heteroatoms. The van der Waals surface area contributed by atoms with Crippen LogP contribution in [0, 0.1) is 12.8 Å². The average Bonchev–Trinajstić information content (AvgIpc) is 3.20. The van der Waals surface area contributed by atoms with E-state index in [2.05, 4.69) is 61.5 Å². The van der Waals surface area contributed by atoms with Gasteiger partial charge in [0.1, 0.15) is 0 Å². The highest BCUT2D eigenvalue weighted by Crippen LogP contribution is 2.51. The molecule has 2 aromatic rings. The molecule has 19 heavy (non-hydrogen) atoms. The molecule has 0 bridgehead atoms. The SMILES string of the molecule is Cc1cccc(CC(Cl)C2CC2c2ccccc2)c1. The van der Waals surface area contributed by atoms with Gasteiger partial charge in [0, 0.05) is 5.38 Å². The van der Waals surface area contributed by atoms with Gasteiger partial charge < -0.3 is 0 Å². The molecule has 1 saturated carbocycles. The minimum Gasteiger partial charge on any atom is -0.122 e. The Hall–Kier alpha value is -1.27. The van der Waals surface area contributed by atoms with Crippen molar-refractivity contribution < 1.29 is 0 Å². The first-order chi connectivity index (χ1) is 9.24. The minimum absolute atomic E-state index is 0.256. The molecule has 0 saturated heterocycles. The second-order valence-electron chi connectivity index (χ2n) is 5.63. The maximum atomic E-state index is 6.61. The van der Waals surface area contributed by atoms with Crippen molar-refractivity contribution in [1.82, 2.24) is 0 Å². The van der Waals surface area contributed by atoms with Gasteiger partial charge >= 0.3 is 0 Å². The molecular formula is C18H19Cl. The second-order valence-corrected chi connectivity index (χ2v) is 6.19. The van der Waals surface area contributed by atoms with Crippen LogP contribution in [-0.4, -0.2) is 5.38 Å². The highest BCUT2D eigenvalue weighted by Gasteiger charge is 2.42. The van der Waals surface area contributed by atoms with Crippen LogP contribution in [0.3, 0.4) is 0 Å². The third-order valence-electron chi connectivity index (χ3n) is 4.05. The molecule has 0 radical (unpaired) electrons. The molecule has 2 aromatic carbocycles. The van der Waals surface area contributed by atoms with Crippen LogP contribution >= 0.6 is 11.6 Å². The number of rotatable bonds is 4. The van der Waals surface area contributed by atoms with Crippen molar-refractivity contribution in [2.45, 2.75) is 31.1 Å². The van der Waals surface area contributed by atoms with Gasteiger partial charge in [-0.1, -0.05) is 60.2 Å². The number of halogens is 1. The van der Waals surface area contributed by atoms with Gasteiger partial charge in [-0.2, -0.15) is 0 Å². The molecule has 3 atom stereocenters. The standard InChI is InChI=1S/C18H19Cl/c1-13-6-5-7-14(10-13)11-18(19)17-12-16(17)15-8-3-2-4-9-15/h2-10,16-18H,11-12H2,1H3. The van der Waals surface area contributed by atoms with E-state index in [1.165, 1.54) is 23.1 Å². The van der Waals surface area contributed by atoms with E-state index in [1.54, 1.807) is 0 Å². The lowest BCUT2D eigenvalue weighted by Gasteiger charge is -2.10. The Morgan fingerprint density at radius 1 is 1.11 bits per heavy atom. The van der Waals surface area contributed by atoms with Gasteiger partial charge in [0.2, 0.25) is 0 Å². The van der Waals surface area contributed by atoms with Crippen LogP contribution in [0.4, 0.5) is 0 Å². The third-order valence-corrected chi connectivity index (χ3v) is 4.52. The van der Waals surface area contributed by atoms with Gasteiger partial charge in [0.15, 0.2) is 0 Å². The molecule has 1 aliphatic carbocycles. The third kappa shape index (κ3) is 3.01. The molecule has 0 heterocycles. The van der Waals surface area contributed by atoms with Crippen LogP contribution in [0.15, 0.2) is 54.6 Å². The summed E-state index contributed by atoms with van der Waals surface area (Å²) in [5.41, 5.74) is 4.12. The fraction of sp³-hybridized carbons (Fsp3) is 0.333. The van der Waals surface area contributed by atoms with E-state index in [0.717, 1.165) is 6.42 Å². The second kappa shape index (κ2) is 5.38. The van der Waals surface area contributed by atoms with Crippen molar-refractivity contribution in [2.75, 3.05) is 0 Å². The van der Waals surface area contributed by atoms with Crippen molar-refractivity contribution >= 4 is 11.6 Å². The van der Waals surface area contributed by atoms with Gasteiger partial charge in [0.05, 0.1) is 0 Å². The van der Waals surface area contributed by atoms with Crippen LogP contribution in [0.5, 0.6) is 0 Å². The molecule has 98 valence electrons. The Labute approximate surface area is 120 Å². The molecule has 0 spiro atoms. The lowest BCUT2D eigenvalue weighted by atomic mass is 10.0. The fourth-order valence-corrected chi connectivity index (χ4v) is 3.37. The van der Waals surface area contributed by atoms with Gasteiger partial charge in [-0.05, 0) is 42.7 Å². The number of alkyl halides is 1. The molecule has 3 unspecified atom stereocenters. The largest absolute Gasteiger partial charge is 0.122 e. The van der Waals surface area contributed by atoms with E-state index in [-0.39, 0.29) is 5.38 Å². The number of hydrogen-bond donors (Lipinski definition) is 0. The lowest BCUT2D eigenvalue weighted by Crippen LogP contribution is -2.07. The number of hydrogen-bond acceptors (Lipinski definition) is 0. The Balaban J connectivity index is 1.63. The average molecular weight is 271 g/mol. The highest BCUT2D eigenvalue weighted by atomic mass is 35.5. The zero-order chi connectivity index (χ0) is 13.2. The van der Waals surface area contributed by atoms with Gasteiger partial charge in [-0.25, -0.2) is 0 Å². The predicted octanol–water partition coefficient (Wildman–Crippen LogP) is 4.95. The molecule has 0 aromatic heterocycles. The van der Waals surface area contributed by atoms with Crippen molar-refractivity contribution in [2.24, 2.45) is 5.92 Å². The number of benzene rings is 2. The monoisotopic (exact) mass is 270 g/mol. The van der Waals surface area contributed by atoms with Gasteiger partial charge in [-0.3, -0.25) is 0 Å². The summed E-state index contributed by atoms with van der Waals surface area (Å²) in [4.78, 5) is 0. The van der Waals surface area contributed by atoms with E-state index < -0.39 is 0 Å².